The second-order valence-corrected chi connectivity index (χ2v) is 4.73. The van der Waals surface area contributed by atoms with E-state index in [9.17, 15) is 4.79 Å². The first-order valence-corrected chi connectivity index (χ1v) is 6.26. The van der Waals surface area contributed by atoms with Crippen LogP contribution in [0.15, 0.2) is 30.3 Å². The number of rotatable bonds is 3. The fourth-order valence-corrected chi connectivity index (χ4v) is 2.53. The highest BCUT2D eigenvalue weighted by atomic mass is 16.5. The highest BCUT2D eigenvalue weighted by Gasteiger charge is 2.27. The minimum absolute atomic E-state index is 0.108. The molecule has 0 unspecified atom stereocenters. The van der Waals surface area contributed by atoms with Crippen LogP contribution >= 0.6 is 0 Å². The summed E-state index contributed by atoms with van der Waals surface area (Å²) in [4.78, 5) is 11.4. The summed E-state index contributed by atoms with van der Waals surface area (Å²) in [6.45, 7) is 0. The molecule has 0 amide bonds. The molecular formula is C15H19O2. The Bertz CT molecular complexity index is 350. The number of benzene rings is 1. The zero-order valence-electron chi connectivity index (χ0n) is 10.3. The van der Waals surface area contributed by atoms with Gasteiger partial charge in [0.1, 0.15) is 0 Å². The van der Waals surface area contributed by atoms with Gasteiger partial charge in [0, 0.05) is 0 Å². The highest BCUT2D eigenvalue weighted by Crippen LogP contribution is 2.32. The maximum Gasteiger partial charge on any atom is 0.312 e. The fraction of sp³-hybridized carbons (Fsp3) is 0.467. The van der Waals surface area contributed by atoms with Crippen molar-refractivity contribution in [1.29, 1.82) is 0 Å². The third-order valence-corrected chi connectivity index (χ3v) is 3.55. The maximum absolute atomic E-state index is 11.4. The van der Waals surface area contributed by atoms with Crippen LogP contribution in [-0.2, 0) is 16.0 Å². The van der Waals surface area contributed by atoms with Crippen LogP contribution in [0.25, 0.3) is 0 Å². The van der Waals surface area contributed by atoms with Gasteiger partial charge in [-0.25, -0.2) is 0 Å². The Kier molecular flexibility index (Phi) is 4.18. The van der Waals surface area contributed by atoms with Gasteiger partial charge in [-0.1, -0.05) is 30.3 Å². The van der Waals surface area contributed by atoms with E-state index < -0.39 is 0 Å². The van der Waals surface area contributed by atoms with Crippen LogP contribution in [0.4, 0.5) is 0 Å². The monoisotopic (exact) mass is 231 g/mol. The fourth-order valence-electron chi connectivity index (χ4n) is 2.53. The second-order valence-electron chi connectivity index (χ2n) is 4.73. The molecule has 0 saturated heterocycles. The first-order valence-electron chi connectivity index (χ1n) is 6.26. The predicted octanol–water partition coefficient (Wildman–Crippen LogP) is 3.17. The molecule has 1 fully saturated rings. The topological polar surface area (TPSA) is 26.3 Å². The summed E-state index contributed by atoms with van der Waals surface area (Å²) in [5, 5.41) is 0. The molecule has 1 aromatic carbocycles. The van der Waals surface area contributed by atoms with E-state index in [2.05, 4.69) is 24.3 Å². The van der Waals surface area contributed by atoms with Crippen molar-refractivity contribution in [3.05, 3.63) is 41.8 Å². The Morgan fingerprint density at radius 1 is 1.24 bits per heavy atom. The zero-order chi connectivity index (χ0) is 12.1. The van der Waals surface area contributed by atoms with Crippen LogP contribution in [0.5, 0.6) is 0 Å². The van der Waals surface area contributed by atoms with E-state index in [1.54, 1.807) is 0 Å². The van der Waals surface area contributed by atoms with E-state index in [0.29, 0.717) is 5.92 Å². The lowest BCUT2D eigenvalue weighted by Gasteiger charge is -2.26. The van der Waals surface area contributed by atoms with Crippen molar-refractivity contribution in [3.8, 4) is 0 Å². The van der Waals surface area contributed by atoms with Crippen molar-refractivity contribution in [2.24, 2.45) is 5.92 Å². The molecule has 2 rings (SSSR count). The van der Waals surface area contributed by atoms with E-state index in [1.807, 2.05) is 6.07 Å². The van der Waals surface area contributed by atoms with Crippen LogP contribution in [0.1, 0.15) is 31.2 Å². The first-order chi connectivity index (χ1) is 8.29. The van der Waals surface area contributed by atoms with Crippen molar-refractivity contribution in [3.63, 3.8) is 0 Å². The number of hydrogen-bond donors (Lipinski definition) is 0. The minimum Gasteiger partial charge on any atom is -0.469 e. The molecule has 1 aliphatic carbocycles. The molecule has 1 aliphatic rings. The SMILES string of the molecule is COC(=O)[C]1CCC(Cc2ccccc2)CC1. The van der Waals surface area contributed by atoms with Crippen molar-refractivity contribution in [1.82, 2.24) is 0 Å². The number of esters is 1. The van der Waals surface area contributed by atoms with E-state index >= 15 is 0 Å². The molecule has 0 atom stereocenters. The largest absolute Gasteiger partial charge is 0.469 e. The normalized spacial score (nSPS) is 17.9. The quantitative estimate of drug-likeness (QED) is 0.747. The molecule has 1 radical (unpaired) electrons. The van der Waals surface area contributed by atoms with Crippen molar-refractivity contribution < 1.29 is 9.53 Å². The third kappa shape index (κ3) is 3.32. The molecule has 91 valence electrons. The smallest absolute Gasteiger partial charge is 0.312 e. The molecule has 0 aromatic heterocycles. The number of ether oxygens (including phenoxy) is 1. The first kappa shape index (κ1) is 12.2. The molecule has 1 saturated carbocycles. The van der Waals surface area contributed by atoms with Gasteiger partial charge in [0.2, 0.25) is 0 Å². The van der Waals surface area contributed by atoms with Gasteiger partial charge in [0.05, 0.1) is 13.0 Å². The summed E-state index contributed by atoms with van der Waals surface area (Å²) in [6.07, 6.45) is 5.17. The summed E-state index contributed by atoms with van der Waals surface area (Å²) in [5.41, 5.74) is 1.40. The summed E-state index contributed by atoms with van der Waals surface area (Å²) < 4.78 is 4.77. The Balaban J connectivity index is 1.82. The molecule has 0 spiro atoms. The van der Waals surface area contributed by atoms with Crippen molar-refractivity contribution in [2.75, 3.05) is 7.11 Å². The van der Waals surface area contributed by atoms with Crippen molar-refractivity contribution >= 4 is 5.97 Å². The summed E-state index contributed by atoms with van der Waals surface area (Å²) in [6, 6.07) is 10.6. The van der Waals surface area contributed by atoms with E-state index in [4.69, 9.17) is 4.74 Å². The predicted molar refractivity (Wildman–Crippen MR) is 67.4 cm³/mol. The minimum atomic E-state index is -0.108. The Morgan fingerprint density at radius 3 is 2.47 bits per heavy atom. The van der Waals surface area contributed by atoms with Crippen LogP contribution in [-0.4, -0.2) is 13.1 Å². The van der Waals surface area contributed by atoms with Gasteiger partial charge in [-0.05, 0) is 43.6 Å². The van der Waals surface area contributed by atoms with Crippen LogP contribution in [0.3, 0.4) is 0 Å². The zero-order valence-corrected chi connectivity index (χ0v) is 10.3. The van der Waals surface area contributed by atoms with Crippen molar-refractivity contribution in [2.45, 2.75) is 32.1 Å². The van der Waals surface area contributed by atoms with Crippen LogP contribution in [0, 0.1) is 11.8 Å². The number of hydrogen-bond acceptors (Lipinski definition) is 2. The van der Waals surface area contributed by atoms with Gasteiger partial charge in [0.15, 0.2) is 0 Å². The van der Waals surface area contributed by atoms with Crippen LogP contribution < -0.4 is 0 Å². The lowest BCUT2D eigenvalue weighted by atomic mass is 9.79. The molecule has 0 aliphatic heterocycles. The summed E-state index contributed by atoms with van der Waals surface area (Å²) in [5.74, 6) is 1.57. The average molecular weight is 231 g/mol. The lowest BCUT2D eigenvalue weighted by Crippen LogP contribution is -2.22. The van der Waals surface area contributed by atoms with Gasteiger partial charge in [0.25, 0.3) is 0 Å². The molecular weight excluding hydrogens is 212 g/mol. The summed E-state index contributed by atoms with van der Waals surface area (Å²) in [7, 11) is 1.46. The van der Waals surface area contributed by atoms with E-state index in [-0.39, 0.29) is 5.97 Å². The molecule has 2 nitrogen and oxygen atoms in total. The van der Waals surface area contributed by atoms with Gasteiger partial charge in [-0.3, -0.25) is 4.79 Å². The Hall–Kier alpha value is -1.31. The number of carbonyl (C=O) groups excluding carboxylic acids is 1. The Morgan fingerprint density at radius 2 is 1.88 bits per heavy atom. The molecule has 1 aromatic rings. The Labute approximate surface area is 103 Å². The van der Waals surface area contributed by atoms with Gasteiger partial charge in [-0.15, -0.1) is 0 Å². The molecule has 0 bridgehead atoms. The van der Waals surface area contributed by atoms with Crippen LogP contribution in [0.2, 0.25) is 0 Å². The standard InChI is InChI=1S/C15H19O2/c1-17-15(16)14-9-7-13(8-10-14)11-12-5-3-2-4-6-12/h2-6,13H,7-11H2,1H3. The molecule has 0 heterocycles. The second kappa shape index (κ2) is 5.85. The van der Waals surface area contributed by atoms with Gasteiger partial charge in [-0.2, -0.15) is 0 Å². The highest BCUT2D eigenvalue weighted by molar-refractivity contribution is 5.84. The van der Waals surface area contributed by atoms with E-state index in [1.165, 1.54) is 12.7 Å². The number of methoxy groups -OCH3 is 1. The molecule has 2 heteroatoms. The third-order valence-electron chi connectivity index (χ3n) is 3.55. The lowest BCUT2D eigenvalue weighted by molar-refractivity contribution is -0.139. The van der Waals surface area contributed by atoms with Gasteiger partial charge < -0.3 is 4.74 Å². The average Bonchev–Trinajstić information content (AvgIpc) is 2.40. The molecule has 0 N–H and O–H groups in total. The number of carbonyl (C=O) groups is 1. The summed E-state index contributed by atoms with van der Waals surface area (Å²) >= 11 is 0. The maximum atomic E-state index is 11.4. The molecule has 17 heavy (non-hydrogen) atoms. The van der Waals surface area contributed by atoms with Gasteiger partial charge >= 0.3 is 5.97 Å². The van der Waals surface area contributed by atoms with E-state index in [0.717, 1.165) is 38.0 Å².